The smallest absolute Gasteiger partial charge is 0.322 e. The van der Waals surface area contributed by atoms with Crippen molar-refractivity contribution in [3.63, 3.8) is 0 Å². The molecule has 0 aliphatic carbocycles. The summed E-state index contributed by atoms with van der Waals surface area (Å²) in [5.41, 5.74) is 1.27. The molecule has 0 aliphatic rings. The molecule has 1 rings (SSSR count). The van der Waals surface area contributed by atoms with Gasteiger partial charge in [0.2, 0.25) is 0 Å². The van der Waals surface area contributed by atoms with Crippen molar-refractivity contribution in [1.29, 1.82) is 0 Å². The third kappa shape index (κ3) is 3.46. The fourth-order valence-corrected chi connectivity index (χ4v) is 1.31. The monoisotopic (exact) mass is 236 g/mol. The number of benzene rings is 1. The van der Waals surface area contributed by atoms with Crippen LogP contribution in [0.25, 0.3) is 0 Å². The molecule has 1 aromatic carbocycles. The van der Waals surface area contributed by atoms with Crippen LogP contribution in [0, 0.1) is 6.92 Å². The number of anilines is 1. The van der Waals surface area contributed by atoms with E-state index in [1.807, 2.05) is 45.0 Å². The van der Waals surface area contributed by atoms with Crippen LogP contribution in [0.4, 0.5) is 10.5 Å². The van der Waals surface area contributed by atoms with E-state index in [0.29, 0.717) is 0 Å². The molecular formula is C13H20N2O2. The van der Waals surface area contributed by atoms with Crippen LogP contribution in [0.15, 0.2) is 24.3 Å². The summed E-state index contributed by atoms with van der Waals surface area (Å²) < 4.78 is 0. The average molecular weight is 236 g/mol. The van der Waals surface area contributed by atoms with Crippen LogP contribution in [-0.2, 0) is 0 Å². The zero-order valence-corrected chi connectivity index (χ0v) is 10.8. The molecule has 4 nitrogen and oxygen atoms in total. The van der Waals surface area contributed by atoms with Crippen LogP contribution in [-0.4, -0.2) is 35.2 Å². The van der Waals surface area contributed by atoms with Crippen LogP contribution in [0.2, 0.25) is 0 Å². The molecule has 0 heterocycles. The zero-order chi connectivity index (χ0) is 13.1. The summed E-state index contributed by atoms with van der Waals surface area (Å²) in [6, 6.07) is 7.37. The standard InChI is InChI=1S/C13H20N2O2/c1-10-6-5-7-11(8-10)14-12(17)15(4)13(2,3)9-16/h5-8,16H,9H2,1-4H3,(H,14,17). The molecule has 4 heteroatoms. The van der Waals surface area contributed by atoms with E-state index in [2.05, 4.69) is 5.32 Å². The molecule has 0 fully saturated rings. The van der Waals surface area contributed by atoms with Crippen molar-refractivity contribution < 1.29 is 9.90 Å². The molecule has 0 bridgehead atoms. The number of nitrogens with zero attached hydrogens (tertiary/aromatic N) is 1. The number of aryl methyl sites for hydroxylation is 1. The van der Waals surface area contributed by atoms with Crippen molar-refractivity contribution in [3.8, 4) is 0 Å². The van der Waals surface area contributed by atoms with Crippen molar-refractivity contribution in [2.45, 2.75) is 26.3 Å². The predicted molar refractivity (Wildman–Crippen MR) is 69.1 cm³/mol. The highest BCUT2D eigenvalue weighted by Gasteiger charge is 2.26. The lowest BCUT2D eigenvalue weighted by Gasteiger charge is -2.33. The molecule has 0 saturated carbocycles. The van der Waals surface area contributed by atoms with Gasteiger partial charge in [-0.15, -0.1) is 0 Å². The van der Waals surface area contributed by atoms with E-state index < -0.39 is 5.54 Å². The molecule has 94 valence electrons. The van der Waals surface area contributed by atoms with E-state index >= 15 is 0 Å². The van der Waals surface area contributed by atoms with E-state index in [1.165, 1.54) is 4.90 Å². The molecule has 17 heavy (non-hydrogen) atoms. The van der Waals surface area contributed by atoms with Gasteiger partial charge in [0.1, 0.15) is 0 Å². The van der Waals surface area contributed by atoms with Crippen molar-refractivity contribution in [2.24, 2.45) is 0 Å². The normalized spacial score (nSPS) is 11.1. The van der Waals surface area contributed by atoms with Gasteiger partial charge in [0.05, 0.1) is 12.1 Å². The van der Waals surface area contributed by atoms with Gasteiger partial charge in [-0.05, 0) is 38.5 Å². The Morgan fingerprint density at radius 2 is 2.12 bits per heavy atom. The Kier molecular flexibility index (Phi) is 4.12. The summed E-state index contributed by atoms with van der Waals surface area (Å²) in [6.45, 7) is 5.51. The number of carbonyl (C=O) groups excluding carboxylic acids is 1. The maximum atomic E-state index is 11.9. The summed E-state index contributed by atoms with van der Waals surface area (Å²) in [6.07, 6.45) is 0. The summed E-state index contributed by atoms with van der Waals surface area (Å²) in [7, 11) is 1.67. The molecule has 2 amide bonds. The second-order valence-corrected chi connectivity index (χ2v) is 4.83. The molecule has 2 N–H and O–H groups in total. The van der Waals surface area contributed by atoms with Crippen LogP contribution in [0.1, 0.15) is 19.4 Å². The summed E-state index contributed by atoms with van der Waals surface area (Å²) in [4.78, 5) is 13.4. The number of aliphatic hydroxyl groups is 1. The quantitative estimate of drug-likeness (QED) is 0.845. The predicted octanol–water partition coefficient (Wildman–Crippen LogP) is 2.23. The molecule has 0 atom stereocenters. The third-order valence-electron chi connectivity index (χ3n) is 2.87. The summed E-state index contributed by atoms with van der Waals surface area (Å²) in [5, 5.41) is 12.0. The Bertz CT molecular complexity index is 402. The van der Waals surface area contributed by atoms with Gasteiger partial charge in [0.15, 0.2) is 0 Å². The molecule has 1 aromatic rings. The first-order valence-electron chi connectivity index (χ1n) is 5.59. The number of likely N-dealkylation sites (N-methyl/N-ethyl adjacent to an activating group) is 1. The van der Waals surface area contributed by atoms with Crippen LogP contribution >= 0.6 is 0 Å². The SMILES string of the molecule is Cc1cccc(NC(=O)N(C)C(C)(C)CO)c1. The van der Waals surface area contributed by atoms with Gasteiger partial charge in [-0.3, -0.25) is 0 Å². The molecule has 0 spiro atoms. The van der Waals surface area contributed by atoms with Crippen molar-refractivity contribution in [3.05, 3.63) is 29.8 Å². The van der Waals surface area contributed by atoms with Gasteiger partial charge < -0.3 is 15.3 Å². The Hall–Kier alpha value is -1.55. The number of hydrogen-bond acceptors (Lipinski definition) is 2. The fourth-order valence-electron chi connectivity index (χ4n) is 1.31. The highest BCUT2D eigenvalue weighted by Crippen LogP contribution is 2.15. The highest BCUT2D eigenvalue weighted by atomic mass is 16.3. The molecule has 0 aromatic heterocycles. The Balaban J connectivity index is 2.73. The van der Waals surface area contributed by atoms with Crippen molar-refractivity contribution in [2.75, 3.05) is 19.0 Å². The van der Waals surface area contributed by atoms with Gasteiger partial charge in [-0.2, -0.15) is 0 Å². The van der Waals surface area contributed by atoms with Crippen molar-refractivity contribution in [1.82, 2.24) is 4.90 Å². The van der Waals surface area contributed by atoms with Crippen LogP contribution < -0.4 is 5.32 Å². The van der Waals surface area contributed by atoms with E-state index in [-0.39, 0.29) is 12.6 Å². The number of urea groups is 1. The number of aliphatic hydroxyl groups excluding tert-OH is 1. The number of hydrogen-bond donors (Lipinski definition) is 2. The van der Waals surface area contributed by atoms with Gasteiger partial charge >= 0.3 is 6.03 Å². The molecule has 0 unspecified atom stereocenters. The van der Waals surface area contributed by atoms with Crippen LogP contribution in [0.5, 0.6) is 0 Å². The molecular weight excluding hydrogens is 216 g/mol. The largest absolute Gasteiger partial charge is 0.394 e. The van der Waals surface area contributed by atoms with E-state index in [9.17, 15) is 9.90 Å². The first-order chi connectivity index (χ1) is 7.86. The van der Waals surface area contributed by atoms with Gasteiger partial charge in [-0.1, -0.05) is 12.1 Å². The fraction of sp³-hybridized carbons (Fsp3) is 0.462. The van der Waals surface area contributed by atoms with Gasteiger partial charge in [0.25, 0.3) is 0 Å². The van der Waals surface area contributed by atoms with E-state index in [1.54, 1.807) is 7.05 Å². The molecule has 0 saturated heterocycles. The Morgan fingerprint density at radius 1 is 1.47 bits per heavy atom. The second-order valence-electron chi connectivity index (χ2n) is 4.83. The first kappa shape index (κ1) is 13.5. The maximum absolute atomic E-state index is 11.9. The average Bonchev–Trinajstić information content (AvgIpc) is 2.28. The van der Waals surface area contributed by atoms with E-state index in [4.69, 9.17) is 0 Å². The zero-order valence-electron chi connectivity index (χ0n) is 10.8. The number of rotatable bonds is 3. The minimum atomic E-state index is -0.575. The summed E-state index contributed by atoms with van der Waals surface area (Å²) >= 11 is 0. The minimum absolute atomic E-state index is 0.0786. The van der Waals surface area contributed by atoms with Crippen LogP contribution in [0.3, 0.4) is 0 Å². The number of carbonyl (C=O) groups is 1. The number of nitrogens with one attached hydrogen (secondary N) is 1. The summed E-state index contributed by atoms with van der Waals surface area (Å²) in [5.74, 6) is 0. The van der Waals surface area contributed by atoms with E-state index in [0.717, 1.165) is 11.3 Å². The Morgan fingerprint density at radius 3 is 2.65 bits per heavy atom. The lowest BCUT2D eigenvalue weighted by Crippen LogP contribution is -2.49. The first-order valence-corrected chi connectivity index (χ1v) is 5.59. The lowest BCUT2D eigenvalue weighted by atomic mass is 10.1. The number of amides is 2. The van der Waals surface area contributed by atoms with Gasteiger partial charge in [0, 0.05) is 12.7 Å². The second kappa shape index (κ2) is 5.19. The van der Waals surface area contributed by atoms with Gasteiger partial charge in [-0.25, -0.2) is 4.79 Å². The molecule has 0 aliphatic heterocycles. The maximum Gasteiger partial charge on any atom is 0.322 e. The third-order valence-corrected chi connectivity index (χ3v) is 2.87. The molecule has 0 radical (unpaired) electrons. The topological polar surface area (TPSA) is 52.6 Å². The Labute approximate surface area is 102 Å². The lowest BCUT2D eigenvalue weighted by molar-refractivity contribution is 0.104. The highest BCUT2D eigenvalue weighted by molar-refractivity contribution is 5.89. The van der Waals surface area contributed by atoms with Crippen molar-refractivity contribution >= 4 is 11.7 Å². The minimum Gasteiger partial charge on any atom is -0.394 e.